The summed E-state index contributed by atoms with van der Waals surface area (Å²) in [4.78, 5) is 12.4. The van der Waals surface area contributed by atoms with E-state index in [1.165, 1.54) is 22.0 Å². The number of hydrogen-bond donors (Lipinski definition) is 2. The average molecular weight is 415 g/mol. The van der Waals surface area contributed by atoms with E-state index >= 15 is 0 Å². The number of amides is 2. The van der Waals surface area contributed by atoms with Crippen molar-refractivity contribution in [1.29, 1.82) is 0 Å². The van der Waals surface area contributed by atoms with Gasteiger partial charge in [0.05, 0.1) is 6.20 Å². The summed E-state index contributed by atoms with van der Waals surface area (Å²) in [7, 11) is -4.05. The Morgan fingerprint density at radius 2 is 1.78 bits per heavy atom. The third-order valence-electron chi connectivity index (χ3n) is 5.06. The van der Waals surface area contributed by atoms with Gasteiger partial charge in [0.25, 0.3) is 10.0 Å². The van der Waals surface area contributed by atoms with Crippen LogP contribution in [0.4, 0.5) is 10.5 Å². The van der Waals surface area contributed by atoms with Crippen LogP contribution >= 0.6 is 0 Å². The van der Waals surface area contributed by atoms with Crippen LogP contribution in [0, 0.1) is 0 Å². The Morgan fingerprint density at radius 3 is 2.33 bits per heavy atom. The number of hydrogen-bond acceptors (Lipinski definition) is 5. The molecule has 2 aliphatic rings. The number of sulfonamides is 1. The van der Waals surface area contributed by atoms with Gasteiger partial charge in [-0.05, 0) is 67.7 Å². The largest absolute Gasteiger partial charge is 0.333 e. The van der Waals surface area contributed by atoms with Crippen molar-refractivity contribution in [2.45, 2.75) is 57.0 Å². The molecule has 1 aromatic carbocycles. The summed E-state index contributed by atoms with van der Waals surface area (Å²) in [6.45, 7) is 2.32. The fourth-order valence-electron chi connectivity index (χ4n) is 3.84. The van der Waals surface area contributed by atoms with E-state index in [-0.39, 0.29) is 56.4 Å². The van der Waals surface area contributed by atoms with Gasteiger partial charge in [-0.3, -0.25) is 4.68 Å². The number of benzene rings is 1. The van der Waals surface area contributed by atoms with Crippen LogP contribution in [0.1, 0.15) is 42.0 Å². The number of carbonyl (C=O) groups is 1. The summed E-state index contributed by atoms with van der Waals surface area (Å²) < 4.78 is 28.1. The number of nitrogens with zero attached hydrogens (tertiary/aromatic N) is 3. The Morgan fingerprint density at radius 1 is 1.15 bits per heavy atom. The number of carbonyl (C=O) groups excluding carboxylic acids is 1. The summed E-state index contributed by atoms with van der Waals surface area (Å²) in [5.74, 6) is 0. The van der Waals surface area contributed by atoms with Crippen molar-refractivity contribution in [3.8, 4) is 0 Å². The normalized spacial score (nSPS) is 15.0. The smallest absolute Gasteiger partial charge is 0.307 e. The molecular weight excluding hydrogens is 393 g/mol. The summed E-state index contributed by atoms with van der Waals surface area (Å²) in [6.07, 6.45) is 7.27. The quantitative estimate of drug-likeness (QED) is 0.736. The minimum Gasteiger partial charge on any atom is -0.307 e. The molecule has 0 spiro atoms. The van der Waals surface area contributed by atoms with E-state index < -0.39 is 16.1 Å². The van der Waals surface area contributed by atoms with Gasteiger partial charge in [0, 0.05) is 63.6 Å². The molecule has 8 nitrogen and oxygen atoms in total. The first-order chi connectivity index (χ1) is 12.5. The van der Waals surface area contributed by atoms with Gasteiger partial charge in [-0.25, -0.2) is 9.52 Å². The number of aryl methyl sites for hydroxylation is 3. The van der Waals surface area contributed by atoms with Gasteiger partial charge in [0.2, 0.25) is 5.03 Å². The molecule has 2 aliphatic carbocycles. The molecule has 1 aromatic heterocycles. The standard InChI is InChI=1S/C17H21N5O3S.K/c1-2-22-10-15(19-21-22)26(24,25)20-17(23)18-16-13-7-3-5-11(13)9-12-6-4-8-14(12)16;/h9-10H,2-8H2,1H3,(H2,18,20,23);. The molecule has 1 radical (unpaired) electrons. The molecule has 0 bridgehead atoms. The molecule has 1 heterocycles. The van der Waals surface area contributed by atoms with Gasteiger partial charge in [0.1, 0.15) is 0 Å². The second-order valence-corrected chi connectivity index (χ2v) is 8.34. The number of anilines is 1. The topological polar surface area (TPSA) is 106 Å². The maximum absolute atomic E-state index is 12.4. The monoisotopic (exact) mass is 414 g/mol. The van der Waals surface area contributed by atoms with Crippen molar-refractivity contribution in [2.24, 2.45) is 0 Å². The van der Waals surface area contributed by atoms with Crippen molar-refractivity contribution in [1.82, 2.24) is 19.7 Å². The molecule has 10 heteroatoms. The third kappa shape index (κ3) is 4.15. The molecule has 2 amide bonds. The average Bonchev–Trinajstić information content (AvgIpc) is 3.33. The van der Waals surface area contributed by atoms with Crippen molar-refractivity contribution in [3.63, 3.8) is 0 Å². The molecule has 0 atom stereocenters. The Labute approximate surface area is 201 Å². The third-order valence-corrected chi connectivity index (χ3v) is 6.25. The first-order valence-corrected chi connectivity index (χ1v) is 10.4. The molecule has 2 N–H and O–H groups in total. The Hall–Kier alpha value is -0.784. The van der Waals surface area contributed by atoms with Crippen molar-refractivity contribution < 1.29 is 13.2 Å². The number of aromatic nitrogens is 3. The minimum atomic E-state index is -4.05. The second-order valence-electron chi connectivity index (χ2n) is 6.71. The second kappa shape index (κ2) is 8.30. The zero-order valence-electron chi connectivity index (χ0n) is 15.6. The summed E-state index contributed by atoms with van der Waals surface area (Å²) in [5, 5.41) is 9.86. The number of urea groups is 1. The molecule has 0 unspecified atom stereocenters. The van der Waals surface area contributed by atoms with Gasteiger partial charge in [0.15, 0.2) is 0 Å². The van der Waals surface area contributed by atoms with E-state index in [0.717, 1.165) is 55.3 Å². The van der Waals surface area contributed by atoms with Gasteiger partial charge < -0.3 is 5.32 Å². The number of nitrogens with one attached hydrogen (secondary N) is 2. The Kier molecular flexibility index (Phi) is 6.43. The fourth-order valence-corrected chi connectivity index (χ4v) is 4.64. The zero-order valence-corrected chi connectivity index (χ0v) is 19.5. The maximum atomic E-state index is 12.4. The zero-order chi connectivity index (χ0) is 18.3. The van der Waals surface area contributed by atoms with E-state index in [1.807, 2.05) is 11.6 Å². The molecule has 0 saturated carbocycles. The van der Waals surface area contributed by atoms with Crippen LogP contribution in [0.5, 0.6) is 0 Å². The number of rotatable bonds is 4. The molecule has 0 saturated heterocycles. The first kappa shape index (κ1) is 20.9. The van der Waals surface area contributed by atoms with Crippen molar-refractivity contribution in [3.05, 3.63) is 34.5 Å². The first-order valence-electron chi connectivity index (χ1n) is 8.88. The fraction of sp³-hybridized carbons (Fsp3) is 0.471. The summed E-state index contributed by atoms with van der Waals surface area (Å²) >= 11 is 0. The molecular formula is C17H21KN5O3S. The van der Waals surface area contributed by atoms with E-state index in [1.54, 1.807) is 0 Å². The summed E-state index contributed by atoms with van der Waals surface area (Å²) in [6, 6.07) is 1.50. The van der Waals surface area contributed by atoms with Crippen LogP contribution in [0.25, 0.3) is 0 Å². The Balaban J connectivity index is 0.00000210. The van der Waals surface area contributed by atoms with Crippen LogP contribution in [-0.4, -0.2) is 80.8 Å². The van der Waals surface area contributed by atoms with Crippen LogP contribution in [0.3, 0.4) is 0 Å². The van der Waals surface area contributed by atoms with E-state index in [4.69, 9.17) is 0 Å². The summed E-state index contributed by atoms with van der Waals surface area (Å²) in [5.41, 5.74) is 5.65. The molecule has 0 fully saturated rings. The van der Waals surface area contributed by atoms with Crippen LogP contribution in [0.2, 0.25) is 0 Å². The SMILES string of the molecule is CCn1cc(S(=O)(=O)NC(=O)Nc2c3c(cc4c2CCC4)CCC3)nn1.[K]. The number of fused-ring (bicyclic) bond motifs is 2. The van der Waals surface area contributed by atoms with Gasteiger partial charge in [-0.2, -0.15) is 8.42 Å². The predicted molar refractivity (Wildman–Crippen MR) is 101 cm³/mol. The minimum absolute atomic E-state index is 0. The van der Waals surface area contributed by atoms with E-state index in [9.17, 15) is 13.2 Å². The molecule has 139 valence electrons. The molecule has 27 heavy (non-hydrogen) atoms. The molecule has 4 rings (SSSR count). The van der Waals surface area contributed by atoms with Crippen molar-refractivity contribution in [2.75, 3.05) is 5.32 Å². The van der Waals surface area contributed by atoms with Gasteiger partial charge in [-0.1, -0.05) is 11.3 Å². The van der Waals surface area contributed by atoms with E-state index in [2.05, 4.69) is 21.7 Å². The molecule has 0 aliphatic heterocycles. The van der Waals surface area contributed by atoms with E-state index in [0.29, 0.717) is 6.54 Å². The van der Waals surface area contributed by atoms with Crippen LogP contribution < -0.4 is 10.0 Å². The van der Waals surface area contributed by atoms with Crippen LogP contribution in [-0.2, 0) is 42.3 Å². The predicted octanol–water partition coefficient (Wildman–Crippen LogP) is 1.41. The van der Waals surface area contributed by atoms with Crippen molar-refractivity contribution >= 4 is 73.1 Å². The molecule has 2 aromatic rings. The maximum Gasteiger partial charge on any atom is 0.333 e. The Bertz CT molecular complexity index is 954. The van der Waals surface area contributed by atoms with Gasteiger partial charge >= 0.3 is 6.03 Å². The van der Waals surface area contributed by atoms with Crippen LogP contribution in [0.15, 0.2) is 17.3 Å². The van der Waals surface area contributed by atoms with Gasteiger partial charge in [-0.15, -0.1) is 5.10 Å².